The molecular weight excluding hydrogens is 400 g/mol. The van der Waals surface area contributed by atoms with Crippen LogP contribution in [0.5, 0.6) is 0 Å². The van der Waals surface area contributed by atoms with Crippen molar-refractivity contribution in [2.75, 3.05) is 11.4 Å². The fourth-order valence-corrected chi connectivity index (χ4v) is 4.31. The Morgan fingerprint density at radius 1 is 1.09 bits per heavy atom. The van der Waals surface area contributed by atoms with Gasteiger partial charge in [-0.15, -0.1) is 0 Å². The van der Waals surface area contributed by atoms with Crippen LogP contribution in [0.3, 0.4) is 0 Å². The highest BCUT2D eigenvalue weighted by atomic mass is 16.3. The maximum absolute atomic E-state index is 12.8. The number of nitrogens with one attached hydrogen (secondary N) is 1. The molecule has 162 valence electrons. The van der Waals surface area contributed by atoms with Crippen molar-refractivity contribution in [3.05, 3.63) is 102 Å². The molecule has 6 nitrogen and oxygen atoms in total. The van der Waals surface area contributed by atoms with Gasteiger partial charge in [-0.05, 0) is 49.2 Å². The van der Waals surface area contributed by atoms with Gasteiger partial charge in [0.05, 0.1) is 29.8 Å². The third kappa shape index (κ3) is 4.04. The molecule has 1 aliphatic heterocycles. The summed E-state index contributed by atoms with van der Waals surface area (Å²) in [6.07, 6.45) is 5.21. The number of furan rings is 1. The van der Waals surface area contributed by atoms with E-state index in [0.29, 0.717) is 36.9 Å². The molecule has 0 aliphatic carbocycles. The Kier molecular flexibility index (Phi) is 5.50. The summed E-state index contributed by atoms with van der Waals surface area (Å²) in [5.74, 6) is 0.579. The van der Waals surface area contributed by atoms with Gasteiger partial charge in [0, 0.05) is 30.9 Å². The minimum atomic E-state index is -0.114. The molecule has 2 aromatic carbocycles. The van der Waals surface area contributed by atoms with Gasteiger partial charge in [-0.3, -0.25) is 4.79 Å². The van der Waals surface area contributed by atoms with Gasteiger partial charge in [0.1, 0.15) is 5.76 Å². The summed E-state index contributed by atoms with van der Waals surface area (Å²) in [5.41, 5.74) is 5.10. The van der Waals surface area contributed by atoms with E-state index in [4.69, 9.17) is 4.42 Å². The van der Waals surface area contributed by atoms with E-state index in [1.165, 1.54) is 11.3 Å². The van der Waals surface area contributed by atoms with Gasteiger partial charge < -0.3 is 14.6 Å². The first-order valence-corrected chi connectivity index (χ1v) is 11.0. The Morgan fingerprint density at radius 2 is 1.91 bits per heavy atom. The molecule has 0 spiro atoms. The second-order valence-electron chi connectivity index (χ2n) is 8.16. The SMILES string of the molecule is CC1Cc2ccccc2N1Cc1occc1C(=O)NCCc1ccn(-c2ccccc2)n1. The molecule has 0 bridgehead atoms. The average Bonchev–Trinajstić information content (AvgIpc) is 3.54. The van der Waals surface area contributed by atoms with Crippen LogP contribution >= 0.6 is 0 Å². The zero-order chi connectivity index (χ0) is 21.9. The van der Waals surface area contributed by atoms with Crippen molar-refractivity contribution in [1.29, 1.82) is 0 Å². The van der Waals surface area contributed by atoms with Crippen LogP contribution in [0.15, 0.2) is 83.6 Å². The Labute approximate surface area is 187 Å². The maximum Gasteiger partial charge on any atom is 0.254 e. The predicted octanol–water partition coefficient (Wildman–Crippen LogP) is 4.39. The Morgan fingerprint density at radius 3 is 2.78 bits per heavy atom. The van der Waals surface area contributed by atoms with Gasteiger partial charge in [-0.1, -0.05) is 36.4 Å². The maximum atomic E-state index is 12.8. The molecule has 32 heavy (non-hydrogen) atoms. The molecule has 1 atom stereocenters. The molecule has 6 heteroatoms. The number of benzene rings is 2. The standard InChI is InChI=1S/C26H26N4O2/c1-19-17-20-7-5-6-10-24(20)29(19)18-25-23(13-16-32-25)26(31)27-14-11-21-12-15-30(28-21)22-8-3-2-4-9-22/h2-10,12-13,15-16,19H,11,14,17-18H2,1H3,(H,27,31). The van der Waals surface area contributed by atoms with E-state index in [9.17, 15) is 4.79 Å². The number of hydrogen-bond acceptors (Lipinski definition) is 4. The first-order chi connectivity index (χ1) is 15.7. The number of para-hydroxylation sites is 2. The average molecular weight is 427 g/mol. The van der Waals surface area contributed by atoms with Crippen molar-refractivity contribution in [3.63, 3.8) is 0 Å². The largest absolute Gasteiger partial charge is 0.467 e. The Balaban J connectivity index is 1.20. The number of hydrogen-bond donors (Lipinski definition) is 1. The fourth-order valence-electron chi connectivity index (χ4n) is 4.31. The molecule has 1 N–H and O–H groups in total. The highest BCUT2D eigenvalue weighted by molar-refractivity contribution is 5.95. The number of fused-ring (bicyclic) bond motifs is 1. The van der Waals surface area contributed by atoms with E-state index in [-0.39, 0.29) is 5.91 Å². The molecule has 0 saturated carbocycles. The minimum absolute atomic E-state index is 0.114. The van der Waals surface area contributed by atoms with Crippen LogP contribution in [0, 0.1) is 0 Å². The number of rotatable bonds is 7. The molecule has 1 aliphatic rings. The van der Waals surface area contributed by atoms with Crippen molar-refractivity contribution in [1.82, 2.24) is 15.1 Å². The molecule has 5 rings (SSSR count). The lowest BCUT2D eigenvalue weighted by Crippen LogP contribution is -2.31. The second kappa shape index (κ2) is 8.75. The minimum Gasteiger partial charge on any atom is -0.467 e. The van der Waals surface area contributed by atoms with Gasteiger partial charge in [0.2, 0.25) is 0 Å². The normalized spacial score (nSPS) is 15.0. The second-order valence-corrected chi connectivity index (χ2v) is 8.16. The van der Waals surface area contributed by atoms with E-state index in [2.05, 4.69) is 46.5 Å². The summed E-state index contributed by atoms with van der Waals surface area (Å²) in [7, 11) is 0. The molecule has 1 unspecified atom stereocenters. The zero-order valence-corrected chi connectivity index (χ0v) is 18.1. The van der Waals surface area contributed by atoms with Crippen LogP contribution < -0.4 is 10.2 Å². The molecule has 2 aromatic heterocycles. The van der Waals surface area contributed by atoms with Gasteiger partial charge in [-0.25, -0.2) is 4.68 Å². The molecule has 0 saturated heterocycles. The summed E-state index contributed by atoms with van der Waals surface area (Å²) >= 11 is 0. The zero-order valence-electron chi connectivity index (χ0n) is 18.1. The van der Waals surface area contributed by atoms with Crippen LogP contribution in [0.25, 0.3) is 5.69 Å². The number of amides is 1. The topological polar surface area (TPSA) is 63.3 Å². The van der Waals surface area contributed by atoms with Gasteiger partial charge in [0.15, 0.2) is 0 Å². The lowest BCUT2D eigenvalue weighted by Gasteiger charge is -2.24. The molecule has 1 amide bonds. The van der Waals surface area contributed by atoms with Crippen LogP contribution in [-0.4, -0.2) is 28.3 Å². The summed E-state index contributed by atoms with van der Waals surface area (Å²) in [6, 6.07) is 22.5. The summed E-state index contributed by atoms with van der Waals surface area (Å²) < 4.78 is 7.56. The molecule has 4 aromatic rings. The molecule has 0 fully saturated rings. The van der Waals surface area contributed by atoms with Gasteiger partial charge in [0.25, 0.3) is 5.91 Å². The number of aromatic nitrogens is 2. The number of nitrogens with zero attached hydrogens (tertiary/aromatic N) is 3. The van der Waals surface area contributed by atoms with Crippen molar-refractivity contribution in [3.8, 4) is 5.69 Å². The van der Waals surface area contributed by atoms with E-state index >= 15 is 0 Å². The number of anilines is 1. The number of carbonyl (C=O) groups is 1. The third-order valence-corrected chi connectivity index (χ3v) is 5.98. The van der Waals surface area contributed by atoms with Gasteiger partial charge in [-0.2, -0.15) is 5.10 Å². The van der Waals surface area contributed by atoms with Crippen molar-refractivity contribution >= 4 is 11.6 Å². The highest BCUT2D eigenvalue weighted by Crippen LogP contribution is 2.33. The molecule has 3 heterocycles. The summed E-state index contributed by atoms with van der Waals surface area (Å²) in [5, 5.41) is 7.61. The van der Waals surface area contributed by atoms with Crippen molar-refractivity contribution in [2.24, 2.45) is 0 Å². The van der Waals surface area contributed by atoms with Crippen LogP contribution in [0.1, 0.15) is 34.3 Å². The van der Waals surface area contributed by atoms with Crippen LogP contribution in [0.2, 0.25) is 0 Å². The summed E-state index contributed by atoms with van der Waals surface area (Å²) in [6.45, 7) is 3.30. The van der Waals surface area contributed by atoms with Crippen molar-refractivity contribution < 1.29 is 9.21 Å². The first kappa shape index (κ1) is 20.1. The van der Waals surface area contributed by atoms with Crippen LogP contribution in [0.4, 0.5) is 5.69 Å². The lowest BCUT2D eigenvalue weighted by atomic mass is 10.1. The third-order valence-electron chi connectivity index (χ3n) is 5.98. The van der Waals surface area contributed by atoms with E-state index < -0.39 is 0 Å². The van der Waals surface area contributed by atoms with E-state index in [1.54, 1.807) is 12.3 Å². The van der Waals surface area contributed by atoms with Crippen LogP contribution in [-0.2, 0) is 19.4 Å². The summed E-state index contributed by atoms with van der Waals surface area (Å²) in [4.78, 5) is 15.1. The lowest BCUT2D eigenvalue weighted by molar-refractivity contribution is 0.0952. The molecule has 0 radical (unpaired) electrons. The van der Waals surface area contributed by atoms with E-state index in [0.717, 1.165) is 17.8 Å². The monoisotopic (exact) mass is 426 g/mol. The smallest absolute Gasteiger partial charge is 0.254 e. The fraction of sp³-hybridized carbons (Fsp3) is 0.231. The van der Waals surface area contributed by atoms with Gasteiger partial charge >= 0.3 is 0 Å². The van der Waals surface area contributed by atoms with E-state index in [1.807, 2.05) is 47.3 Å². The molecular formula is C26H26N4O2. The first-order valence-electron chi connectivity index (χ1n) is 11.0. The quantitative estimate of drug-likeness (QED) is 0.476. The highest BCUT2D eigenvalue weighted by Gasteiger charge is 2.27. The van der Waals surface area contributed by atoms with Crippen molar-refractivity contribution in [2.45, 2.75) is 32.4 Å². The Bertz CT molecular complexity index is 1210. The predicted molar refractivity (Wildman–Crippen MR) is 124 cm³/mol. The number of carbonyl (C=O) groups excluding carboxylic acids is 1. The Hall–Kier alpha value is -3.80.